The lowest BCUT2D eigenvalue weighted by Gasteiger charge is -2.40. The predicted molar refractivity (Wildman–Crippen MR) is 145 cm³/mol. The lowest BCUT2D eigenvalue weighted by molar-refractivity contribution is -0.144. The number of carboxylic acid groups (broad SMARTS) is 1. The molecule has 0 radical (unpaired) electrons. The quantitative estimate of drug-likeness (QED) is 0.404. The molecule has 0 spiro atoms. The summed E-state index contributed by atoms with van der Waals surface area (Å²) in [5.74, 6) is -1.34. The van der Waals surface area contributed by atoms with Crippen molar-refractivity contribution in [3.05, 3.63) is 66.0 Å². The van der Waals surface area contributed by atoms with Crippen molar-refractivity contribution in [1.29, 1.82) is 0 Å². The number of benzene rings is 1. The second-order valence-electron chi connectivity index (χ2n) is 10.5. The van der Waals surface area contributed by atoms with Crippen LogP contribution in [-0.2, 0) is 32.1 Å². The second kappa shape index (κ2) is 11.8. The molecule has 4 amide bonds. The third-order valence-corrected chi connectivity index (χ3v) is 7.11. The summed E-state index contributed by atoms with van der Waals surface area (Å²) in [6.07, 6.45) is 0.940. The highest BCUT2D eigenvalue weighted by Gasteiger charge is 2.54. The number of hydrazone groups is 1. The second-order valence-corrected chi connectivity index (χ2v) is 10.5. The molecule has 2 atom stereocenters. The number of carbonyl (C=O) groups is 4. The molecule has 0 bridgehead atoms. The van der Waals surface area contributed by atoms with E-state index >= 15 is 0 Å². The van der Waals surface area contributed by atoms with E-state index in [1.807, 2.05) is 42.5 Å². The summed E-state index contributed by atoms with van der Waals surface area (Å²) in [4.78, 5) is 57.6. The number of nitrogens with one attached hydrogen (secondary N) is 2. The average molecular weight is 551 g/mol. The van der Waals surface area contributed by atoms with Crippen molar-refractivity contribution in [1.82, 2.24) is 25.5 Å². The van der Waals surface area contributed by atoms with E-state index in [2.05, 4.69) is 20.7 Å². The van der Waals surface area contributed by atoms with Gasteiger partial charge in [-0.25, -0.2) is 9.80 Å². The summed E-state index contributed by atoms with van der Waals surface area (Å²) >= 11 is 0. The minimum absolute atomic E-state index is 0.0617. The van der Waals surface area contributed by atoms with Crippen molar-refractivity contribution in [2.45, 2.75) is 44.9 Å². The fourth-order valence-electron chi connectivity index (χ4n) is 5.01. The van der Waals surface area contributed by atoms with Gasteiger partial charge in [0.25, 0.3) is 5.91 Å². The molecule has 1 fully saturated rings. The zero-order valence-corrected chi connectivity index (χ0v) is 22.8. The minimum atomic E-state index is -1.50. The Kier molecular flexibility index (Phi) is 8.48. The van der Waals surface area contributed by atoms with Crippen molar-refractivity contribution in [2.75, 3.05) is 26.7 Å². The van der Waals surface area contributed by atoms with Gasteiger partial charge in [-0.3, -0.25) is 19.4 Å². The Hall–Kier alpha value is -4.32. The maximum atomic E-state index is 13.9. The highest BCUT2D eigenvalue weighted by molar-refractivity contribution is 6.13. The third kappa shape index (κ3) is 6.28. The van der Waals surface area contributed by atoms with E-state index in [1.54, 1.807) is 24.2 Å². The molecular formula is C28H34N6O6. The van der Waals surface area contributed by atoms with Gasteiger partial charge < -0.3 is 25.4 Å². The first kappa shape index (κ1) is 28.7. The van der Waals surface area contributed by atoms with Crippen LogP contribution in [0.5, 0.6) is 0 Å². The first-order chi connectivity index (χ1) is 19.0. The number of aromatic nitrogens is 1. The van der Waals surface area contributed by atoms with Crippen molar-refractivity contribution < 1.29 is 29.0 Å². The number of piperidine rings is 1. The molecule has 1 aromatic carbocycles. The highest BCUT2D eigenvalue weighted by atomic mass is 16.5. The number of carbonyl (C=O) groups excluding carboxylic acids is 3. The monoisotopic (exact) mass is 550 g/mol. The van der Waals surface area contributed by atoms with Gasteiger partial charge in [-0.05, 0) is 31.5 Å². The number of fused-ring (bicyclic) bond motifs is 1. The first-order valence-corrected chi connectivity index (χ1v) is 13.0. The number of hydrogen-bond donors (Lipinski definition) is 3. The highest BCUT2D eigenvalue weighted by Crippen LogP contribution is 2.38. The van der Waals surface area contributed by atoms with Crippen LogP contribution in [0.1, 0.15) is 31.5 Å². The Labute approximate surface area is 232 Å². The van der Waals surface area contributed by atoms with Gasteiger partial charge in [0, 0.05) is 44.9 Å². The molecule has 1 unspecified atom stereocenters. The molecule has 1 aromatic heterocycles. The van der Waals surface area contributed by atoms with Crippen molar-refractivity contribution in [2.24, 2.45) is 10.5 Å². The van der Waals surface area contributed by atoms with Crippen LogP contribution in [0.2, 0.25) is 0 Å². The standard InChI is InChI=1S/C28H34N6O6/c1-27(2,31-26(38)39)24(36)30-21(17-40-16-19-9-5-4-6-10-19)23(35)34-14-12-22-28(18-34,25(37)33(3)32-22)15-20-11-7-8-13-29-20/h4-11,13,21,31H,12,14-18H2,1-3H3,(H,30,36)(H,38,39)/t21-,28?/m1/s1. The smallest absolute Gasteiger partial charge is 0.405 e. The fourth-order valence-corrected chi connectivity index (χ4v) is 5.01. The van der Waals surface area contributed by atoms with Gasteiger partial charge >= 0.3 is 6.09 Å². The van der Waals surface area contributed by atoms with E-state index in [9.17, 15) is 19.2 Å². The minimum Gasteiger partial charge on any atom is -0.465 e. The van der Waals surface area contributed by atoms with Gasteiger partial charge in [0.1, 0.15) is 17.0 Å². The molecular weight excluding hydrogens is 516 g/mol. The lowest BCUT2D eigenvalue weighted by atomic mass is 9.74. The normalized spacial score (nSPS) is 19.5. The topological polar surface area (TPSA) is 154 Å². The van der Waals surface area contributed by atoms with Crippen LogP contribution in [0.25, 0.3) is 0 Å². The molecule has 12 nitrogen and oxygen atoms in total. The molecule has 3 N–H and O–H groups in total. The van der Waals surface area contributed by atoms with Gasteiger partial charge in [-0.1, -0.05) is 36.4 Å². The number of hydrogen-bond acceptors (Lipinski definition) is 7. The van der Waals surface area contributed by atoms with E-state index < -0.39 is 34.9 Å². The van der Waals surface area contributed by atoms with E-state index in [0.29, 0.717) is 24.4 Å². The number of rotatable bonds is 10. The maximum Gasteiger partial charge on any atom is 0.405 e. The van der Waals surface area contributed by atoms with E-state index in [4.69, 9.17) is 9.84 Å². The summed E-state index contributed by atoms with van der Waals surface area (Å²) in [6.45, 7) is 3.22. The van der Waals surface area contributed by atoms with Crippen LogP contribution in [0.3, 0.4) is 0 Å². The van der Waals surface area contributed by atoms with E-state index in [-0.39, 0.29) is 32.1 Å². The lowest BCUT2D eigenvalue weighted by Crippen LogP contribution is -2.62. The van der Waals surface area contributed by atoms with Gasteiger partial charge in [-0.2, -0.15) is 5.10 Å². The molecule has 2 aromatic rings. The Morgan fingerprint density at radius 1 is 1.15 bits per heavy atom. The molecule has 212 valence electrons. The fraction of sp³-hybridized carbons (Fsp3) is 0.429. The summed E-state index contributed by atoms with van der Waals surface area (Å²) in [5.41, 5.74) is -0.287. The zero-order chi connectivity index (χ0) is 28.9. The largest absolute Gasteiger partial charge is 0.465 e. The average Bonchev–Trinajstić information content (AvgIpc) is 3.16. The van der Waals surface area contributed by atoms with Crippen molar-refractivity contribution in [3.8, 4) is 0 Å². The van der Waals surface area contributed by atoms with Crippen LogP contribution in [0, 0.1) is 5.41 Å². The van der Waals surface area contributed by atoms with Gasteiger partial charge in [0.2, 0.25) is 11.8 Å². The van der Waals surface area contributed by atoms with Gasteiger partial charge in [0.15, 0.2) is 0 Å². The van der Waals surface area contributed by atoms with Crippen molar-refractivity contribution in [3.63, 3.8) is 0 Å². The molecule has 2 aliphatic rings. The number of ether oxygens (including phenoxy) is 1. The number of nitrogens with zero attached hydrogens (tertiary/aromatic N) is 4. The summed E-state index contributed by atoms with van der Waals surface area (Å²) in [5, 5.41) is 19.8. The third-order valence-electron chi connectivity index (χ3n) is 7.11. The Bertz CT molecular complexity index is 1280. The van der Waals surface area contributed by atoms with Crippen LogP contribution < -0.4 is 10.6 Å². The zero-order valence-electron chi connectivity index (χ0n) is 22.8. The SMILES string of the molecule is CN1N=C2CCN(C(=O)[C@@H](COCc3ccccc3)NC(=O)C(C)(C)NC(=O)O)CC2(Cc2ccccn2)C1=O. The van der Waals surface area contributed by atoms with E-state index in [0.717, 1.165) is 5.56 Å². The summed E-state index contributed by atoms with van der Waals surface area (Å²) < 4.78 is 5.83. The molecule has 1 saturated heterocycles. The first-order valence-electron chi connectivity index (χ1n) is 13.0. The van der Waals surface area contributed by atoms with Crippen molar-refractivity contribution >= 4 is 29.5 Å². The van der Waals surface area contributed by atoms with Crippen LogP contribution in [0.4, 0.5) is 4.79 Å². The maximum absolute atomic E-state index is 13.9. The molecule has 0 aliphatic carbocycles. The van der Waals surface area contributed by atoms with Crippen LogP contribution in [-0.4, -0.2) is 87.9 Å². The van der Waals surface area contributed by atoms with Crippen LogP contribution >= 0.6 is 0 Å². The number of pyridine rings is 1. The van der Waals surface area contributed by atoms with Crippen LogP contribution in [0.15, 0.2) is 59.8 Å². The van der Waals surface area contributed by atoms with E-state index in [1.165, 1.54) is 18.9 Å². The Balaban J connectivity index is 1.56. The number of amides is 4. The molecule has 40 heavy (non-hydrogen) atoms. The number of likely N-dealkylation sites (tertiary alicyclic amines) is 1. The Morgan fingerprint density at radius 3 is 2.55 bits per heavy atom. The molecule has 3 heterocycles. The molecule has 2 aliphatic heterocycles. The summed E-state index contributed by atoms with van der Waals surface area (Å²) in [7, 11) is 1.60. The van der Waals surface area contributed by atoms with Gasteiger partial charge in [-0.15, -0.1) is 0 Å². The molecule has 4 rings (SSSR count). The van der Waals surface area contributed by atoms with Gasteiger partial charge in [0.05, 0.1) is 18.9 Å². The summed E-state index contributed by atoms with van der Waals surface area (Å²) in [6, 6.07) is 13.7. The predicted octanol–water partition coefficient (Wildman–Crippen LogP) is 1.42. The molecule has 0 saturated carbocycles. The molecule has 12 heteroatoms. The Morgan fingerprint density at radius 2 is 1.88 bits per heavy atom.